The molecule has 0 bridgehead atoms. The highest BCUT2D eigenvalue weighted by Crippen LogP contribution is 2.40. The van der Waals surface area contributed by atoms with Crippen LogP contribution in [0.3, 0.4) is 0 Å². The van der Waals surface area contributed by atoms with Crippen LogP contribution in [-0.2, 0) is 26.6 Å². The SMILES string of the molecule is CCO[Si](OCC)(OCC)C1CCCC1.CO[Si](OC)(OC)C1CCCC1. The van der Waals surface area contributed by atoms with Crippen molar-refractivity contribution < 1.29 is 26.6 Å². The van der Waals surface area contributed by atoms with E-state index < -0.39 is 17.6 Å². The Morgan fingerprint density at radius 3 is 1.11 bits per heavy atom. The summed E-state index contributed by atoms with van der Waals surface area (Å²) in [5, 5.41) is 0. The van der Waals surface area contributed by atoms with Crippen molar-refractivity contribution in [2.24, 2.45) is 0 Å². The molecular weight excluding hydrogens is 380 g/mol. The predicted molar refractivity (Wildman–Crippen MR) is 112 cm³/mol. The van der Waals surface area contributed by atoms with Gasteiger partial charge in [-0.05, 0) is 46.5 Å². The van der Waals surface area contributed by atoms with Crippen molar-refractivity contribution in [3.8, 4) is 0 Å². The fraction of sp³-hybridized carbons (Fsp3) is 1.00. The van der Waals surface area contributed by atoms with E-state index in [2.05, 4.69) is 0 Å². The summed E-state index contributed by atoms with van der Waals surface area (Å²) in [7, 11) is 0.429. The van der Waals surface area contributed by atoms with Gasteiger partial charge in [-0.1, -0.05) is 25.7 Å². The molecular formula is C19H42O6Si2. The highest BCUT2D eigenvalue weighted by atomic mass is 28.4. The van der Waals surface area contributed by atoms with Gasteiger partial charge in [0.25, 0.3) is 0 Å². The summed E-state index contributed by atoms with van der Waals surface area (Å²) >= 11 is 0. The van der Waals surface area contributed by atoms with Gasteiger partial charge in [-0.3, -0.25) is 0 Å². The zero-order valence-corrected chi connectivity index (χ0v) is 20.4. The molecule has 0 heterocycles. The molecule has 0 aliphatic heterocycles. The van der Waals surface area contributed by atoms with Crippen LogP contribution in [0.25, 0.3) is 0 Å². The monoisotopic (exact) mass is 422 g/mol. The molecule has 6 nitrogen and oxygen atoms in total. The Bertz CT molecular complexity index is 344. The standard InChI is InChI=1S/C11H24O3Si.C8H18O3Si/c1-4-12-15(13-5-2,14-6-3)11-9-7-8-10-11;1-9-12(10-2,11-3)8-6-4-5-7-8/h11H,4-10H2,1-3H3;8H,4-7H2,1-3H3. The second-order valence-electron chi connectivity index (χ2n) is 7.08. The summed E-state index contributed by atoms with van der Waals surface area (Å²) in [6.07, 6.45) is 9.99. The van der Waals surface area contributed by atoms with Crippen LogP contribution < -0.4 is 0 Å². The number of hydrogen-bond donors (Lipinski definition) is 0. The molecule has 0 aromatic carbocycles. The van der Waals surface area contributed by atoms with Crippen molar-refractivity contribution in [2.75, 3.05) is 41.2 Å². The molecule has 2 aliphatic rings. The second-order valence-corrected chi connectivity index (χ2v) is 13.2. The van der Waals surface area contributed by atoms with Crippen molar-refractivity contribution in [3.05, 3.63) is 0 Å². The molecule has 2 aliphatic carbocycles. The molecule has 0 saturated heterocycles. The molecule has 0 N–H and O–H groups in total. The van der Waals surface area contributed by atoms with E-state index in [1.807, 2.05) is 20.8 Å². The molecule has 2 saturated carbocycles. The van der Waals surface area contributed by atoms with Gasteiger partial charge in [0.1, 0.15) is 0 Å². The van der Waals surface area contributed by atoms with Crippen LogP contribution in [0.1, 0.15) is 72.1 Å². The maximum atomic E-state index is 5.89. The van der Waals surface area contributed by atoms with Gasteiger partial charge >= 0.3 is 17.6 Å². The van der Waals surface area contributed by atoms with Crippen LogP contribution >= 0.6 is 0 Å². The normalized spacial score (nSPS) is 19.3. The van der Waals surface area contributed by atoms with Crippen molar-refractivity contribution in [3.63, 3.8) is 0 Å². The van der Waals surface area contributed by atoms with E-state index in [4.69, 9.17) is 26.6 Å². The van der Waals surface area contributed by atoms with E-state index in [1.165, 1.54) is 51.4 Å². The molecule has 0 aromatic rings. The van der Waals surface area contributed by atoms with Gasteiger partial charge in [0.2, 0.25) is 0 Å². The Balaban J connectivity index is 0.000000277. The van der Waals surface area contributed by atoms with Crippen molar-refractivity contribution >= 4 is 17.6 Å². The lowest BCUT2D eigenvalue weighted by Gasteiger charge is -2.33. The quantitative estimate of drug-likeness (QED) is 0.446. The first-order chi connectivity index (χ1) is 13.1. The molecule has 2 rings (SSSR count). The van der Waals surface area contributed by atoms with Crippen molar-refractivity contribution in [1.29, 1.82) is 0 Å². The fourth-order valence-electron chi connectivity index (χ4n) is 4.39. The number of hydrogen-bond acceptors (Lipinski definition) is 6. The fourth-order valence-corrected chi connectivity index (χ4v) is 10.3. The molecule has 0 amide bonds. The van der Waals surface area contributed by atoms with Gasteiger partial charge in [-0.2, -0.15) is 0 Å². The molecule has 0 radical (unpaired) electrons. The van der Waals surface area contributed by atoms with E-state index in [9.17, 15) is 0 Å². The Labute approximate surface area is 168 Å². The first-order valence-corrected chi connectivity index (χ1v) is 14.3. The lowest BCUT2D eigenvalue weighted by atomic mass is 10.4. The van der Waals surface area contributed by atoms with E-state index in [-0.39, 0.29) is 0 Å². The molecule has 0 aromatic heterocycles. The van der Waals surface area contributed by atoms with Crippen LogP contribution in [0, 0.1) is 0 Å². The Hall–Kier alpha value is 0.194. The summed E-state index contributed by atoms with van der Waals surface area (Å²) in [6.45, 7) is 8.16. The average molecular weight is 423 g/mol. The topological polar surface area (TPSA) is 55.4 Å². The third kappa shape index (κ3) is 6.88. The molecule has 8 heteroatoms. The molecule has 0 spiro atoms. The van der Waals surface area contributed by atoms with Crippen LogP contribution in [0.15, 0.2) is 0 Å². The van der Waals surface area contributed by atoms with E-state index >= 15 is 0 Å². The molecule has 27 heavy (non-hydrogen) atoms. The summed E-state index contributed by atoms with van der Waals surface area (Å²) in [4.78, 5) is 0. The Morgan fingerprint density at radius 1 is 0.556 bits per heavy atom. The Morgan fingerprint density at radius 2 is 0.852 bits per heavy atom. The maximum absolute atomic E-state index is 5.89. The van der Waals surface area contributed by atoms with Crippen LogP contribution in [0.5, 0.6) is 0 Å². The summed E-state index contributed by atoms with van der Waals surface area (Å²) < 4.78 is 33.9. The van der Waals surface area contributed by atoms with Gasteiger partial charge in [0.05, 0.1) is 0 Å². The minimum atomic E-state index is -2.36. The van der Waals surface area contributed by atoms with Crippen LogP contribution in [0.4, 0.5) is 0 Å². The van der Waals surface area contributed by atoms with E-state index in [0.29, 0.717) is 30.9 Å². The van der Waals surface area contributed by atoms with Crippen LogP contribution in [-0.4, -0.2) is 58.8 Å². The largest absolute Gasteiger partial charge is 0.504 e. The minimum absolute atomic E-state index is 0.525. The third-order valence-corrected chi connectivity index (χ3v) is 12.5. The molecule has 2 fully saturated rings. The van der Waals surface area contributed by atoms with Gasteiger partial charge in [0.15, 0.2) is 0 Å². The predicted octanol–water partition coefficient (Wildman–Crippen LogP) is 4.79. The summed E-state index contributed by atoms with van der Waals surface area (Å²) in [5.74, 6) is 0. The highest BCUT2D eigenvalue weighted by Gasteiger charge is 2.50. The lowest BCUT2D eigenvalue weighted by Crippen LogP contribution is -2.49. The van der Waals surface area contributed by atoms with Crippen LogP contribution in [0.2, 0.25) is 11.1 Å². The molecule has 0 unspecified atom stereocenters. The summed E-state index contributed by atoms with van der Waals surface area (Å²) in [5.41, 5.74) is 1.06. The van der Waals surface area contributed by atoms with Gasteiger partial charge < -0.3 is 26.6 Å². The number of rotatable bonds is 11. The van der Waals surface area contributed by atoms with Gasteiger partial charge in [-0.25, -0.2) is 0 Å². The van der Waals surface area contributed by atoms with E-state index in [1.54, 1.807) is 21.3 Å². The van der Waals surface area contributed by atoms with Gasteiger partial charge in [-0.15, -0.1) is 0 Å². The summed E-state index contributed by atoms with van der Waals surface area (Å²) in [6, 6.07) is 0. The van der Waals surface area contributed by atoms with Crippen molar-refractivity contribution in [1.82, 2.24) is 0 Å². The Kier molecular flexibility index (Phi) is 12.5. The lowest BCUT2D eigenvalue weighted by molar-refractivity contribution is 0.0612. The maximum Gasteiger partial charge on any atom is 0.504 e. The molecule has 162 valence electrons. The highest BCUT2D eigenvalue weighted by molar-refractivity contribution is 6.62. The second kappa shape index (κ2) is 13.4. The first-order valence-electron chi connectivity index (χ1n) is 10.6. The molecule has 0 atom stereocenters. The van der Waals surface area contributed by atoms with E-state index in [0.717, 1.165) is 0 Å². The zero-order valence-electron chi connectivity index (χ0n) is 18.4. The first kappa shape index (κ1) is 25.2. The van der Waals surface area contributed by atoms with Gasteiger partial charge in [0, 0.05) is 52.2 Å². The smallest absolute Gasteiger partial charge is 0.377 e. The van der Waals surface area contributed by atoms with Crippen molar-refractivity contribution in [2.45, 2.75) is 83.2 Å². The third-order valence-electron chi connectivity index (χ3n) is 5.60. The minimum Gasteiger partial charge on any atom is -0.377 e. The average Bonchev–Trinajstić information content (AvgIpc) is 3.40. The zero-order chi connectivity index (χ0) is 20.2.